The van der Waals surface area contributed by atoms with Crippen LogP contribution in [0.5, 0.6) is 0 Å². The second-order valence-electron chi connectivity index (χ2n) is 14.5. The van der Waals surface area contributed by atoms with Crippen molar-refractivity contribution in [1.29, 1.82) is 0 Å². The second kappa shape index (κ2) is 14.2. The predicted molar refractivity (Wildman–Crippen MR) is 189 cm³/mol. The van der Waals surface area contributed by atoms with Gasteiger partial charge in [-0.25, -0.2) is 14.8 Å². The number of nitrogens with zero attached hydrogens (tertiary/aromatic N) is 2. The molecule has 9 rings (SSSR count). The first-order valence-electron chi connectivity index (χ1n) is 17.7. The zero-order valence-electron chi connectivity index (χ0n) is 27.7. The third-order valence-corrected chi connectivity index (χ3v) is 11.9. The Bertz CT molecular complexity index is 1700. The first-order chi connectivity index (χ1) is 24.0. The number of rotatable bonds is 10. The number of aliphatic hydroxyl groups excluding tert-OH is 1. The Balaban J connectivity index is 0.947. The van der Waals surface area contributed by atoms with Crippen molar-refractivity contribution in [3.8, 4) is 11.1 Å². The number of aromatic nitrogens is 2. The van der Waals surface area contributed by atoms with Crippen LogP contribution in [0.15, 0.2) is 96.4 Å². The number of nitrogens with one attached hydrogen (secondary N) is 2. The maximum atomic E-state index is 13.2. The van der Waals surface area contributed by atoms with Crippen molar-refractivity contribution in [2.45, 2.75) is 87.3 Å². The van der Waals surface area contributed by atoms with Crippen molar-refractivity contribution in [1.82, 2.24) is 20.6 Å². The van der Waals surface area contributed by atoms with Gasteiger partial charge in [0, 0.05) is 42.2 Å². The van der Waals surface area contributed by atoms with Crippen LogP contribution in [0.1, 0.15) is 79.6 Å². The maximum Gasteiger partial charge on any atom is 0.315 e. The maximum absolute atomic E-state index is 13.2. The minimum Gasteiger partial charge on any atom is -0.392 e. The van der Waals surface area contributed by atoms with Crippen molar-refractivity contribution < 1.29 is 19.4 Å². The third kappa shape index (κ3) is 7.41. The highest BCUT2D eigenvalue weighted by atomic mass is 32.2. The zero-order valence-corrected chi connectivity index (χ0v) is 28.5. The number of hydrogen-bond donors (Lipinski definition) is 3. The van der Waals surface area contributed by atoms with Crippen LogP contribution in [0.2, 0.25) is 0 Å². The van der Waals surface area contributed by atoms with E-state index in [1.165, 1.54) is 19.3 Å². The van der Waals surface area contributed by atoms with Gasteiger partial charge >= 0.3 is 6.03 Å². The molecule has 2 heterocycles. The standard InChI is InChI=1S/C40H44N4O4S/c45-24-26-6-8-31(9-7-26)36-19-34(25-49-39-41-14-3-15-42-39)47-37(48-36)32-12-10-30(11-13-32)35-5-2-1-4-33(35)23-43-38(46)44-40-20-27-16-28(21-40)18-29(17-27)22-40/h1-15,27-29,34,36-37,45H,16-25H2,(H2,43,44,46)/t27?,28?,29?,34-,36+,37+,40?/m1/s1. The summed E-state index contributed by atoms with van der Waals surface area (Å²) in [6.07, 6.45) is 10.9. The van der Waals surface area contributed by atoms with Crippen molar-refractivity contribution in [2.75, 3.05) is 5.75 Å². The molecule has 3 aromatic carbocycles. The van der Waals surface area contributed by atoms with Crippen molar-refractivity contribution in [3.05, 3.63) is 114 Å². The van der Waals surface area contributed by atoms with Crippen LogP contribution in [0.4, 0.5) is 4.79 Å². The highest BCUT2D eigenvalue weighted by Crippen LogP contribution is 2.55. The van der Waals surface area contributed by atoms with Gasteiger partial charge in [0.25, 0.3) is 0 Å². The Morgan fingerprint density at radius 1 is 0.816 bits per heavy atom. The third-order valence-electron chi connectivity index (χ3n) is 10.9. The van der Waals surface area contributed by atoms with Crippen molar-refractivity contribution in [3.63, 3.8) is 0 Å². The zero-order chi connectivity index (χ0) is 33.2. The summed E-state index contributed by atoms with van der Waals surface area (Å²) in [4.78, 5) is 21.9. The molecule has 0 spiro atoms. The number of urea groups is 1. The lowest BCUT2D eigenvalue weighted by molar-refractivity contribution is -0.245. The summed E-state index contributed by atoms with van der Waals surface area (Å²) in [5, 5.41) is 16.9. The minimum absolute atomic E-state index is 0.00759. The molecule has 3 N–H and O–H groups in total. The number of carbonyl (C=O) groups excluding carboxylic acids is 1. The molecule has 1 aromatic heterocycles. The number of hydrogen-bond acceptors (Lipinski definition) is 7. The number of benzene rings is 3. The van der Waals surface area contributed by atoms with E-state index in [2.05, 4.69) is 57.0 Å². The molecule has 4 aliphatic carbocycles. The Labute approximate surface area is 292 Å². The molecule has 0 unspecified atom stereocenters. The van der Waals surface area contributed by atoms with E-state index in [1.54, 1.807) is 24.2 Å². The normalized spacial score (nSPS) is 28.7. The van der Waals surface area contributed by atoms with Gasteiger partial charge in [0.2, 0.25) is 0 Å². The van der Waals surface area contributed by atoms with Gasteiger partial charge in [-0.3, -0.25) is 0 Å². The van der Waals surface area contributed by atoms with Gasteiger partial charge in [-0.1, -0.05) is 84.6 Å². The fourth-order valence-electron chi connectivity index (χ4n) is 9.05. The van der Waals surface area contributed by atoms with Crippen LogP contribution < -0.4 is 10.6 Å². The SMILES string of the molecule is O=C(NCc1ccccc1-c1ccc([C@H]2O[C@@H](CSc3ncccn3)C[C@@H](c3ccc(CO)cc3)O2)cc1)NC12CC3CC(CC(C3)C1)C2. The predicted octanol–water partition coefficient (Wildman–Crippen LogP) is 7.74. The van der Waals surface area contributed by atoms with Crippen LogP contribution in [-0.2, 0) is 22.6 Å². The Hall–Kier alpha value is -3.76. The van der Waals surface area contributed by atoms with E-state index in [4.69, 9.17) is 9.47 Å². The molecule has 3 atom stereocenters. The molecule has 4 aromatic rings. The molecule has 8 nitrogen and oxygen atoms in total. The molecule has 5 fully saturated rings. The Morgan fingerprint density at radius 2 is 1.49 bits per heavy atom. The van der Waals surface area contributed by atoms with Crippen LogP contribution in [-0.4, -0.2) is 38.5 Å². The van der Waals surface area contributed by atoms with Crippen LogP contribution in [0.3, 0.4) is 0 Å². The van der Waals surface area contributed by atoms with Crippen molar-refractivity contribution in [2.24, 2.45) is 17.8 Å². The first-order valence-corrected chi connectivity index (χ1v) is 18.6. The highest BCUT2D eigenvalue weighted by Gasteiger charge is 2.51. The summed E-state index contributed by atoms with van der Waals surface area (Å²) in [6, 6.07) is 26.4. The number of ether oxygens (including phenoxy) is 2. The van der Waals surface area contributed by atoms with E-state index in [-0.39, 0.29) is 30.4 Å². The number of carbonyl (C=O) groups is 1. The molecule has 4 saturated carbocycles. The van der Waals surface area contributed by atoms with E-state index in [0.29, 0.717) is 18.7 Å². The molecule has 5 aliphatic rings. The summed E-state index contributed by atoms with van der Waals surface area (Å²) < 4.78 is 13.1. The lowest BCUT2D eigenvalue weighted by atomic mass is 9.53. The fourth-order valence-corrected chi connectivity index (χ4v) is 9.87. The average molecular weight is 677 g/mol. The number of amides is 2. The molecule has 4 bridgehead atoms. The summed E-state index contributed by atoms with van der Waals surface area (Å²) in [5.74, 6) is 3.07. The minimum atomic E-state index is -0.544. The van der Waals surface area contributed by atoms with Crippen LogP contribution >= 0.6 is 11.8 Å². The molecule has 1 saturated heterocycles. The van der Waals surface area contributed by atoms with Gasteiger partial charge in [0.05, 0.1) is 18.8 Å². The van der Waals surface area contributed by atoms with Gasteiger partial charge < -0.3 is 25.2 Å². The highest BCUT2D eigenvalue weighted by molar-refractivity contribution is 7.99. The Morgan fingerprint density at radius 3 is 2.18 bits per heavy atom. The summed E-state index contributed by atoms with van der Waals surface area (Å²) in [5.41, 5.74) is 6.10. The van der Waals surface area contributed by atoms with E-state index >= 15 is 0 Å². The van der Waals surface area contributed by atoms with E-state index < -0.39 is 6.29 Å². The quantitative estimate of drug-likeness (QED) is 0.117. The molecular weight excluding hydrogens is 633 g/mol. The summed E-state index contributed by atoms with van der Waals surface area (Å²) in [7, 11) is 0. The summed E-state index contributed by atoms with van der Waals surface area (Å²) >= 11 is 1.58. The largest absolute Gasteiger partial charge is 0.392 e. The molecule has 9 heteroatoms. The fraction of sp³-hybridized carbons (Fsp3) is 0.425. The molecule has 2 amide bonds. The van der Waals surface area contributed by atoms with E-state index in [1.807, 2.05) is 42.5 Å². The topological polar surface area (TPSA) is 106 Å². The van der Waals surface area contributed by atoms with Gasteiger partial charge in [0.15, 0.2) is 11.4 Å². The van der Waals surface area contributed by atoms with E-state index in [9.17, 15) is 9.90 Å². The van der Waals surface area contributed by atoms with E-state index in [0.717, 1.165) is 75.6 Å². The van der Waals surface area contributed by atoms with Gasteiger partial charge in [0.1, 0.15) is 0 Å². The number of aliphatic hydroxyl groups is 1. The van der Waals surface area contributed by atoms with Crippen molar-refractivity contribution >= 4 is 17.8 Å². The van der Waals surface area contributed by atoms with Gasteiger partial charge in [-0.2, -0.15) is 0 Å². The lowest BCUT2D eigenvalue weighted by Crippen LogP contribution is -2.61. The first kappa shape index (κ1) is 32.4. The monoisotopic (exact) mass is 676 g/mol. The molecule has 1 aliphatic heterocycles. The van der Waals surface area contributed by atoms with Crippen LogP contribution in [0, 0.1) is 17.8 Å². The van der Waals surface area contributed by atoms with Crippen LogP contribution in [0.25, 0.3) is 11.1 Å². The van der Waals surface area contributed by atoms with Gasteiger partial charge in [-0.05, 0) is 90.2 Å². The smallest absolute Gasteiger partial charge is 0.315 e. The molecular formula is C40H44N4O4S. The Kier molecular flexibility index (Phi) is 9.42. The summed E-state index contributed by atoms with van der Waals surface area (Å²) in [6.45, 7) is 0.473. The molecule has 49 heavy (non-hydrogen) atoms. The van der Waals surface area contributed by atoms with Gasteiger partial charge in [-0.15, -0.1) is 0 Å². The molecule has 254 valence electrons. The second-order valence-corrected chi connectivity index (χ2v) is 15.5. The lowest BCUT2D eigenvalue weighted by Gasteiger charge is -2.56. The number of thioether (sulfide) groups is 1. The molecule has 0 radical (unpaired) electrons. The average Bonchev–Trinajstić information content (AvgIpc) is 3.13.